The number of phosphoric ester groups is 1. The van der Waals surface area contributed by atoms with Crippen molar-refractivity contribution in [1.29, 1.82) is 0 Å². The van der Waals surface area contributed by atoms with Gasteiger partial charge in [-0.05, 0) is 27.2 Å². The van der Waals surface area contributed by atoms with Gasteiger partial charge in [-0.2, -0.15) is 9.97 Å². The number of imidazole rings is 1. The van der Waals surface area contributed by atoms with Gasteiger partial charge in [-0.3, -0.25) is 18.4 Å². The van der Waals surface area contributed by atoms with Crippen molar-refractivity contribution in [1.82, 2.24) is 19.5 Å². The molecule has 2 aromatic heterocycles. The van der Waals surface area contributed by atoms with Crippen molar-refractivity contribution in [3.05, 3.63) is 6.33 Å². The largest absolute Gasteiger partial charge is 0.476 e. The number of thioether (sulfide) groups is 1. The summed E-state index contributed by atoms with van der Waals surface area (Å²) in [6, 6.07) is 0. The molecule has 4 atom stereocenters. The molecule has 1 saturated heterocycles. The fourth-order valence-electron chi connectivity index (χ4n) is 3.46. The Hall–Kier alpha value is -1.80. The number of aliphatic hydroxyl groups is 1. The van der Waals surface area contributed by atoms with Crippen molar-refractivity contribution in [3.63, 3.8) is 0 Å². The monoisotopic (exact) mass is 533 g/mol. The minimum absolute atomic E-state index is 0.0176. The third-order valence-corrected chi connectivity index (χ3v) is 7.53. The van der Waals surface area contributed by atoms with Gasteiger partial charge in [-0.1, -0.05) is 18.7 Å². The average Bonchev–Trinajstić information content (AvgIpc) is 3.38. The molecular weight excluding hydrogens is 501 g/mol. The minimum Gasteiger partial charge on any atom is -0.476 e. The fourth-order valence-corrected chi connectivity index (χ4v) is 5.14. The SMILES string of the molecule is CCOc1nc(N)nc2c1ncn2[C@@H]1O[C@H](CO[P@](=O)(O)OCCSC(=O)C(C)(C)CO)C[C@@H]1C. The zero-order valence-corrected chi connectivity index (χ0v) is 21.8. The van der Waals surface area contributed by atoms with Crippen molar-refractivity contribution < 1.29 is 37.9 Å². The molecule has 1 aliphatic rings. The molecule has 2 aromatic rings. The van der Waals surface area contributed by atoms with E-state index in [-0.39, 0.29) is 48.4 Å². The van der Waals surface area contributed by atoms with Gasteiger partial charge in [0, 0.05) is 11.7 Å². The number of fused-ring (bicyclic) bond motifs is 1. The van der Waals surface area contributed by atoms with E-state index in [2.05, 4.69) is 15.0 Å². The van der Waals surface area contributed by atoms with Gasteiger partial charge >= 0.3 is 7.82 Å². The molecule has 3 heterocycles. The summed E-state index contributed by atoms with van der Waals surface area (Å²) in [5.41, 5.74) is 5.86. The molecule has 0 bridgehead atoms. The quantitative estimate of drug-likeness (QED) is 0.267. The first kappa shape index (κ1) is 27.8. The Bertz CT molecular complexity index is 1080. The van der Waals surface area contributed by atoms with Crippen LogP contribution in [-0.4, -0.2) is 72.9 Å². The Kier molecular flexibility index (Phi) is 9.13. The van der Waals surface area contributed by atoms with Crippen LogP contribution in [0, 0.1) is 11.3 Å². The van der Waals surface area contributed by atoms with Gasteiger partial charge in [0.25, 0.3) is 0 Å². The van der Waals surface area contributed by atoms with E-state index in [1.807, 2.05) is 13.8 Å². The van der Waals surface area contributed by atoms with Crippen LogP contribution >= 0.6 is 19.6 Å². The number of carbonyl (C=O) groups excluding carboxylic acids is 1. The third-order valence-electron chi connectivity index (χ3n) is 5.36. The molecule has 0 aromatic carbocycles. The average molecular weight is 534 g/mol. The van der Waals surface area contributed by atoms with Crippen molar-refractivity contribution in [2.75, 3.05) is 37.9 Å². The lowest BCUT2D eigenvalue weighted by molar-refractivity contribution is -0.119. The van der Waals surface area contributed by atoms with Gasteiger partial charge in [-0.25, -0.2) is 9.55 Å². The van der Waals surface area contributed by atoms with Crippen molar-refractivity contribution in [3.8, 4) is 5.88 Å². The van der Waals surface area contributed by atoms with Gasteiger partial charge in [0.2, 0.25) is 11.8 Å². The maximum Gasteiger partial charge on any atom is 0.472 e. The smallest absolute Gasteiger partial charge is 0.472 e. The van der Waals surface area contributed by atoms with Crippen molar-refractivity contribution in [2.45, 2.75) is 46.4 Å². The predicted molar refractivity (Wildman–Crippen MR) is 129 cm³/mol. The number of hydrogen-bond donors (Lipinski definition) is 3. The Balaban J connectivity index is 1.54. The van der Waals surface area contributed by atoms with Gasteiger partial charge in [0.1, 0.15) is 6.23 Å². The highest BCUT2D eigenvalue weighted by molar-refractivity contribution is 8.13. The highest BCUT2D eigenvalue weighted by atomic mass is 32.2. The summed E-state index contributed by atoms with van der Waals surface area (Å²) < 4.78 is 35.6. The summed E-state index contributed by atoms with van der Waals surface area (Å²) in [4.78, 5) is 34.6. The highest BCUT2D eigenvalue weighted by Gasteiger charge is 2.37. The first-order valence-electron chi connectivity index (χ1n) is 11.2. The highest BCUT2D eigenvalue weighted by Crippen LogP contribution is 2.45. The molecule has 196 valence electrons. The molecule has 0 unspecified atom stereocenters. The van der Waals surface area contributed by atoms with Crippen LogP contribution < -0.4 is 10.5 Å². The number of carbonyl (C=O) groups is 1. The summed E-state index contributed by atoms with van der Waals surface area (Å²) in [5, 5.41) is 8.98. The summed E-state index contributed by atoms with van der Waals surface area (Å²) in [5.74, 6) is 0.505. The van der Waals surface area contributed by atoms with Crippen LogP contribution in [-0.2, 0) is 23.1 Å². The number of nitrogens with zero attached hydrogens (tertiary/aromatic N) is 4. The Labute approximate surface area is 207 Å². The molecule has 13 nitrogen and oxygen atoms in total. The summed E-state index contributed by atoms with van der Waals surface area (Å²) >= 11 is 0.924. The Morgan fingerprint density at radius 2 is 2.14 bits per heavy atom. The summed E-state index contributed by atoms with van der Waals surface area (Å²) in [6.07, 6.45) is 1.21. The lowest BCUT2D eigenvalue weighted by Gasteiger charge is -2.19. The number of hydrogen-bond acceptors (Lipinski definition) is 12. The molecule has 3 rings (SSSR count). The molecule has 1 fully saturated rings. The topological polar surface area (TPSA) is 181 Å². The van der Waals surface area contributed by atoms with E-state index in [4.69, 9.17) is 24.3 Å². The fraction of sp³-hybridized carbons (Fsp3) is 0.700. The zero-order valence-electron chi connectivity index (χ0n) is 20.1. The first-order valence-corrected chi connectivity index (χ1v) is 13.6. The molecule has 0 radical (unpaired) electrons. The molecule has 0 aliphatic carbocycles. The number of nitrogens with two attached hydrogens (primary N) is 1. The molecule has 35 heavy (non-hydrogen) atoms. The molecular formula is C20H32N5O8PS. The van der Waals surface area contributed by atoms with Crippen LogP contribution in [0.4, 0.5) is 5.95 Å². The molecule has 0 saturated carbocycles. The predicted octanol–water partition coefficient (Wildman–Crippen LogP) is 2.14. The number of aliphatic hydroxyl groups excluding tert-OH is 1. The van der Waals surface area contributed by atoms with E-state index in [1.165, 1.54) is 0 Å². The van der Waals surface area contributed by atoms with Gasteiger partial charge < -0.3 is 25.2 Å². The summed E-state index contributed by atoms with van der Waals surface area (Å²) in [7, 11) is -4.34. The first-order chi connectivity index (χ1) is 16.5. The third kappa shape index (κ3) is 6.91. The van der Waals surface area contributed by atoms with E-state index < -0.39 is 25.6 Å². The number of rotatable bonds is 12. The van der Waals surface area contributed by atoms with Crippen LogP contribution in [0.5, 0.6) is 5.88 Å². The Morgan fingerprint density at radius 1 is 1.40 bits per heavy atom. The summed E-state index contributed by atoms with van der Waals surface area (Å²) in [6.45, 7) is 6.82. The number of nitrogen functional groups attached to an aromatic ring is 1. The van der Waals surface area contributed by atoms with Gasteiger partial charge in [0.15, 0.2) is 16.3 Å². The molecule has 0 amide bonds. The van der Waals surface area contributed by atoms with E-state index in [0.717, 1.165) is 11.8 Å². The normalized spacial score (nSPS) is 22.4. The lowest BCUT2D eigenvalue weighted by Crippen LogP contribution is -2.26. The Morgan fingerprint density at radius 3 is 2.83 bits per heavy atom. The van der Waals surface area contributed by atoms with Gasteiger partial charge in [0.05, 0.1) is 44.3 Å². The standard InChI is InChI=1S/C20H32N5O8PS/c1-5-30-16-14-15(23-19(21)24-16)25(11-22-14)17-12(2)8-13(33-17)9-32-34(28,29)31-6-7-35-18(27)20(3,4)10-26/h11-13,17,26H,5-10H2,1-4H3,(H,28,29)(H2,21,23,24)/t12-,13-,17+/m0/s1. The van der Waals surface area contributed by atoms with Crippen LogP contribution in [0.2, 0.25) is 0 Å². The minimum atomic E-state index is -4.34. The number of aromatic nitrogens is 4. The van der Waals surface area contributed by atoms with Crippen LogP contribution in [0.15, 0.2) is 6.33 Å². The second kappa shape index (κ2) is 11.5. The maximum atomic E-state index is 12.2. The van der Waals surface area contributed by atoms with Crippen LogP contribution in [0.25, 0.3) is 11.2 Å². The van der Waals surface area contributed by atoms with Gasteiger partial charge in [-0.15, -0.1) is 0 Å². The second-order valence-corrected chi connectivity index (χ2v) is 11.3. The molecule has 4 N–H and O–H groups in total. The number of ether oxygens (including phenoxy) is 2. The van der Waals surface area contributed by atoms with E-state index in [0.29, 0.717) is 24.2 Å². The molecule has 0 spiro atoms. The number of phosphoric acid groups is 1. The second-order valence-electron chi connectivity index (χ2n) is 8.78. The zero-order chi connectivity index (χ0) is 25.8. The maximum absolute atomic E-state index is 12.2. The van der Waals surface area contributed by atoms with Crippen molar-refractivity contribution >= 4 is 41.8 Å². The number of anilines is 1. The van der Waals surface area contributed by atoms with Crippen molar-refractivity contribution in [2.24, 2.45) is 11.3 Å². The lowest BCUT2D eigenvalue weighted by atomic mass is 9.97. The van der Waals surface area contributed by atoms with E-state index >= 15 is 0 Å². The molecule has 15 heteroatoms. The molecule has 1 aliphatic heterocycles. The van der Waals surface area contributed by atoms with Crippen LogP contribution in [0.3, 0.4) is 0 Å². The van der Waals surface area contributed by atoms with E-state index in [9.17, 15) is 19.4 Å². The van der Waals surface area contributed by atoms with E-state index in [1.54, 1.807) is 24.7 Å². The van der Waals surface area contributed by atoms with Crippen LogP contribution in [0.1, 0.15) is 40.3 Å².